The van der Waals surface area contributed by atoms with Crippen LogP contribution in [-0.2, 0) is 11.3 Å². The number of hydrogen-bond acceptors (Lipinski definition) is 5. The number of methoxy groups -OCH3 is 2. The van der Waals surface area contributed by atoms with Gasteiger partial charge in [0, 0.05) is 30.9 Å². The SMILES string of the molecule is COc1ccc(OC)c(C(C)NC(=O)NCc2ccc(N3CCNC(=O)C3)cc2)c1. The predicted molar refractivity (Wildman–Crippen MR) is 115 cm³/mol. The fraction of sp³-hybridized carbons (Fsp3) is 0.364. The molecular formula is C22H28N4O4. The molecule has 3 N–H and O–H groups in total. The molecular weight excluding hydrogens is 384 g/mol. The third kappa shape index (κ3) is 5.34. The van der Waals surface area contributed by atoms with E-state index >= 15 is 0 Å². The quantitative estimate of drug-likeness (QED) is 0.649. The number of anilines is 1. The van der Waals surface area contributed by atoms with Gasteiger partial charge in [0.25, 0.3) is 0 Å². The van der Waals surface area contributed by atoms with E-state index in [-0.39, 0.29) is 18.0 Å². The van der Waals surface area contributed by atoms with E-state index < -0.39 is 0 Å². The maximum atomic E-state index is 12.4. The Kier molecular flexibility index (Phi) is 7.00. The Morgan fingerprint density at radius 1 is 1.17 bits per heavy atom. The highest BCUT2D eigenvalue weighted by molar-refractivity contribution is 5.82. The molecule has 0 bridgehead atoms. The lowest BCUT2D eigenvalue weighted by atomic mass is 10.1. The highest BCUT2D eigenvalue weighted by Gasteiger charge is 2.17. The van der Waals surface area contributed by atoms with Gasteiger partial charge in [0.1, 0.15) is 11.5 Å². The van der Waals surface area contributed by atoms with Crippen LogP contribution in [0.5, 0.6) is 11.5 Å². The number of piperazine rings is 1. The second kappa shape index (κ2) is 9.87. The van der Waals surface area contributed by atoms with E-state index in [9.17, 15) is 9.59 Å². The molecule has 1 unspecified atom stereocenters. The summed E-state index contributed by atoms with van der Waals surface area (Å²) in [7, 11) is 3.19. The van der Waals surface area contributed by atoms with Gasteiger partial charge in [-0.1, -0.05) is 12.1 Å². The number of amides is 3. The number of nitrogens with zero attached hydrogens (tertiary/aromatic N) is 1. The molecule has 3 amide bonds. The van der Waals surface area contributed by atoms with Crippen LogP contribution in [0.15, 0.2) is 42.5 Å². The Labute approximate surface area is 176 Å². The van der Waals surface area contributed by atoms with Crippen LogP contribution in [0.25, 0.3) is 0 Å². The maximum absolute atomic E-state index is 12.4. The van der Waals surface area contributed by atoms with Crippen LogP contribution in [-0.4, -0.2) is 45.8 Å². The van der Waals surface area contributed by atoms with Crippen molar-refractivity contribution in [1.29, 1.82) is 0 Å². The summed E-state index contributed by atoms with van der Waals surface area (Å²) in [4.78, 5) is 25.9. The molecule has 30 heavy (non-hydrogen) atoms. The Bertz CT molecular complexity index is 885. The van der Waals surface area contributed by atoms with Gasteiger partial charge in [-0.15, -0.1) is 0 Å². The summed E-state index contributed by atoms with van der Waals surface area (Å²) in [6.45, 7) is 4.09. The van der Waals surface area contributed by atoms with Gasteiger partial charge in [-0.2, -0.15) is 0 Å². The summed E-state index contributed by atoms with van der Waals surface area (Å²) in [5, 5.41) is 8.61. The molecule has 2 aromatic rings. The molecule has 1 heterocycles. The summed E-state index contributed by atoms with van der Waals surface area (Å²) in [5.41, 5.74) is 2.81. The molecule has 0 aromatic heterocycles. The van der Waals surface area contributed by atoms with Gasteiger partial charge in [0.05, 0.1) is 26.8 Å². The Balaban J connectivity index is 1.54. The minimum Gasteiger partial charge on any atom is -0.497 e. The molecule has 160 valence electrons. The van der Waals surface area contributed by atoms with Crippen LogP contribution in [0.4, 0.5) is 10.5 Å². The number of nitrogens with one attached hydrogen (secondary N) is 3. The highest BCUT2D eigenvalue weighted by atomic mass is 16.5. The van der Waals surface area contributed by atoms with Gasteiger partial charge < -0.3 is 30.3 Å². The average molecular weight is 412 g/mol. The maximum Gasteiger partial charge on any atom is 0.315 e. The van der Waals surface area contributed by atoms with E-state index in [1.165, 1.54) is 0 Å². The van der Waals surface area contributed by atoms with Gasteiger partial charge in [0.2, 0.25) is 5.91 Å². The summed E-state index contributed by atoms with van der Waals surface area (Å²) < 4.78 is 10.7. The van der Waals surface area contributed by atoms with Crippen molar-refractivity contribution in [1.82, 2.24) is 16.0 Å². The second-order valence-electron chi connectivity index (χ2n) is 7.09. The number of benzene rings is 2. The van der Waals surface area contributed by atoms with Crippen LogP contribution in [0.2, 0.25) is 0 Å². The van der Waals surface area contributed by atoms with Crippen molar-refractivity contribution >= 4 is 17.6 Å². The molecule has 8 nitrogen and oxygen atoms in total. The Hall–Kier alpha value is -3.42. The molecule has 0 aliphatic carbocycles. The first-order chi connectivity index (χ1) is 14.5. The standard InChI is InChI=1S/C22H28N4O4/c1-15(19-12-18(29-2)8-9-20(19)30-3)25-22(28)24-13-16-4-6-17(7-5-16)26-11-10-23-21(27)14-26/h4-9,12,15H,10-11,13-14H2,1-3H3,(H,23,27)(H2,24,25,28). The molecule has 0 saturated carbocycles. The molecule has 1 aliphatic rings. The number of ether oxygens (including phenoxy) is 2. The summed E-state index contributed by atoms with van der Waals surface area (Å²) in [6, 6.07) is 12.8. The lowest BCUT2D eigenvalue weighted by molar-refractivity contribution is -0.120. The molecule has 0 radical (unpaired) electrons. The van der Waals surface area contributed by atoms with E-state index in [1.807, 2.05) is 54.3 Å². The van der Waals surface area contributed by atoms with Crippen molar-refractivity contribution in [3.05, 3.63) is 53.6 Å². The van der Waals surface area contributed by atoms with Crippen molar-refractivity contribution < 1.29 is 19.1 Å². The fourth-order valence-electron chi connectivity index (χ4n) is 3.37. The highest BCUT2D eigenvalue weighted by Crippen LogP contribution is 2.29. The van der Waals surface area contributed by atoms with Crippen LogP contribution in [0, 0.1) is 0 Å². The first-order valence-electron chi connectivity index (χ1n) is 9.87. The lowest BCUT2D eigenvalue weighted by Gasteiger charge is -2.28. The number of hydrogen-bond donors (Lipinski definition) is 3. The third-order valence-electron chi connectivity index (χ3n) is 5.04. The van der Waals surface area contributed by atoms with Crippen LogP contribution >= 0.6 is 0 Å². The van der Waals surface area contributed by atoms with Gasteiger partial charge in [-0.05, 0) is 42.8 Å². The zero-order valence-corrected chi connectivity index (χ0v) is 17.5. The molecule has 1 saturated heterocycles. The zero-order valence-electron chi connectivity index (χ0n) is 17.5. The predicted octanol–water partition coefficient (Wildman–Crippen LogP) is 2.20. The van der Waals surface area contributed by atoms with E-state index in [2.05, 4.69) is 16.0 Å². The fourth-order valence-corrected chi connectivity index (χ4v) is 3.37. The normalized spacial score (nSPS) is 14.5. The van der Waals surface area contributed by atoms with Crippen LogP contribution < -0.4 is 30.3 Å². The number of urea groups is 1. The number of carbonyl (C=O) groups is 2. The van der Waals surface area contributed by atoms with E-state index in [4.69, 9.17) is 9.47 Å². The molecule has 3 rings (SSSR count). The molecule has 1 atom stereocenters. The van der Waals surface area contributed by atoms with E-state index in [0.717, 1.165) is 23.4 Å². The Morgan fingerprint density at radius 3 is 2.60 bits per heavy atom. The van der Waals surface area contributed by atoms with Gasteiger partial charge >= 0.3 is 6.03 Å². The van der Waals surface area contributed by atoms with Crippen molar-refractivity contribution in [2.45, 2.75) is 19.5 Å². The first kappa shape index (κ1) is 21.3. The summed E-state index contributed by atoms with van der Waals surface area (Å²) in [6.07, 6.45) is 0. The topological polar surface area (TPSA) is 91.9 Å². The van der Waals surface area contributed by atoms with Crippen LogP contribution in [0.1, 0.15) is 24.1 Å². The molecule has 0 spiro atoms. The van der Waals surface area contributed by atoms with Crippen molar-refractivity contribution in [3.8, 4) is 11.5 Å². The van der Waals surface area contributed by atoms with E-state index in [1.54, 1.807) is 14.2 Å². The molecule has 1 aliphatic heterocycles. The van der Waals surface area contributed by atoms with Gasteiger partial charge in [0.15, 0.2) is 0 Å². The summed E-state index contributed by atoms with van der Waals surface area (Å²) >= 11 is 0. The number of carbonyl (C=O) groups excluding carboxylic acids is 2. The van der Waals surface area contributed by atoms with Gasteiger partial charge in [-0.25, -0.2) is 4.79 Å². The number of rotatable bonds is 7. The second-order valence-corrected chi connectivity index (χ2v) is 7.09. The summed E-state index contributed by atoms with van der Waals surface area (Å²) in [5.74, 6) is 1.42. The molecule has 2 aromatic carbocycles. The largest absolute Gasteiger partial charge is 0.497 e. The van der Waals surface area contributed by atoms with Gasteiger partial charge in [-0.3, -0.25) is 4.79 Å². The average Bonchev–Trinajstić information content (AvgIpc) is 2.77. The lowest BCUT2D eigenvalue weighted by Crippen LogP contribution is -2.47. The monoisotopic (exact) mass is 412 g/mol. The first-order valence-corrected chi connectivity index (χ1v) is 9.87. The minimum absolute atomic E-state index is 0.0328. The zero-order chi connectivity index (χ0) is 21.5. The Morgan fingerprint density at radius 2 is 1.93 bits per heavy atom. The van der Waals surface area contributed by atoms with Crippen molar-refractivity contribution in [2.24, 2.45) is 0 Å². The van der Waals surface area contributed by atoms with Crippen LogP contribution in [0.3, 0.4) is 0 Å². The third-order valence-corrected chi connectivity index (χ3v) is 5.04. The molecule has 1 fully saturated rings. The van der Waals surface area contributed by atoms with Crippen molar-refractivity contribution in [3.63, 3.8) is 0 Å². The molecule has 8 heteroatoms. The van der Waals surface area contributed by atoms with Crippen molar-refractivity contribution in [2.75, 3.05) is 38.8 Å². The minimum atomic E-state index is -0.274. The van der Waals surface area contributed by atoms with E-state index in [0.29, 0.717) is 31.1 Å². The smallest absolute Gasteiger partial charge is 0.315 e.